The number of carbonyl (C=O) groups is 6. The van der Waals surface area contributed by atoms with Gasteiger partial charge in [0, 0.05) is 0 Å². The molecule has 1 aliphatic heterocycles. The Bertz CT molecular complexity index is 3370. The largest absolute Gasteiger partial charge is 0.481 e. The van der Waals surface area contributed by atoms with Gasteiger partial charge < -0.3 is 34.6 Å². The molecule has 0 radical (unpaired) electrons. The third-order valence-electron chi connectivity index (χ3n) is 14.9. The molecule has 1 aliphatic rings. The molecule has 570 valence electrons. The number of carboxylic acid groups (broad SMARTS) is 2. The van der Waals surface area contributed by atoms with Crippen molar-refractivity contribution >= 4 is 35.8 Å². The summed E-state index contributed by atoms with van der Waals surface area (Å²) in [6.07, 6.45) is 82.3. The molecule has 0 bridgehead atoms. The monoisotopic (exact) mass is 1440 g/mol. The first kappa shape index (κ1) is 97.2. The predicted octanol–water partition coefficient (Wildman–Crippen LogP) is 22.4. The number of hydrogen-bond donors (Lipinski definition) is 4. The highest BCUT2D eigenvalue weighted by Crippen LogP contribution is 2.14. The van der Waals surface area contributed by atoms with Crippen LogP contribution in [-0.4, -0.2) is 82.7 Å². The van der Waals surface area contributed by atoms with Gasteiger partial charge in [-0.3, -0.25) is 28.8 Å². The molecule has 4 N–H and O–H groups in total. The first-order valence-corrected chi connectivity index (χ1v) is 36.0. The van der Waals surface area contributed by atoms with Crippen LogP contribution < -0.4 is 0 Å². The second-order valence-electron chi connectivity index (χ2n) is 26.1. The van der Waals surface area contributed by atoms with E-state index in [9.17, 15) is 28.8 Å². The van der Waals surface area contributed by atoms with Crippen LogP contribution in [-0.2, 0) is 43.0 Å². The molecule has 105 heavy (non-hydrogen) atoms. The van der Waals surface area contributed by atoms with Crippen molar-refractivity contribution < 1.29 is 63.4 Å². The SMILES string of the molecule is CC(/C=C/C=C(C)/C=C/C=C(\C)CC/C=C(\C)CO)=C\C=C\C=C(C)\C=C\C=C(C)\C=C\C=C(/C)CC/C=C(\C)CO.CC(/C=C/C=C(C)/C=C/C=C(\C)CC/C=C(\C)COC(=O)CCC(=O)O)=C\C=C\C=C(C)\C=C\C=C(C)\C=C\C=C(/C)CC/C=C(\C)COC(=O)CCC(=O)O.O=C1CCC(=O)O1. The zero-order valence-electron chi connectivity index (χ0n) is 66.0. The van der Waals surface area contributed by atoms with Crippen molar-refractivity contribution in [2.24, 2.45) is 0 Å². The molecule has 0 amide bonds. The van der Waals surface area contributed by atoms with Crippen molar-refractivity contribution in [3.8, 4) is 0 Å². The number of hydrogen-bond acceptors (Lipinski definition) is 11. The maximum absolute atomic E-state index is 11.5. The van der Waals surface area contributed by atoms with Crippen molar-refractivity contribution in [1.82, 2.24) is 0 Å². The molecule has 0 aromatic carbocycles. The van der Waals surface area contributed by atoms with E-state index in [0.717, 1.165) is 96.0 Å². The van der Waals surface area contributed by atoms with Crippen LogP contribution in [0.5, 0.6) is 0 Å². The molecule has 13 heteroatoms. The summed E-state index contributed by atoms with van der Waals surface area (Å²) in [6, 6.07) is 0. The fourth-order valence-corrected chi connectivity index (χ4v) is 8.29. The van der Waals surface area contributed by atoms with Crippen LogP contribution in [0.25, 0.3) is 0 Å². The van der Waals surface area contributed by atoms with Gasteiger partial charge in [-0.25, -0.2) is 0 Å². The molecule has 0 atom stereocenters. The molecule has 13 nitrogen and oxygen atoms in total. The first-order valence-electron chi connectivity index (χ1n) is 36.0. The number of aliphatic carboxylic acids is 2. The number of cyclic esters (lactones) is 2. The number of rotatable bonds is 44. The van der Waals surface area contributed by atoms with E-state index < -0.39 is 35.8 Å². The lowest BCUT2D eigenvalue weighted by molar-refractivity contribution is -0.152. The normalized spacial score (nSPS) is 15.6. The minimum Gasteiger partial charge on any atom is -0.481 e. The zero-order valence-corrected chi connectivity index (χ0v) is 66.0. The van der Waals surface area contributed by atoms with Gasteiger partial charge in [0.25, 0.3) is 0 Å². The first-order chi connectivity index (χ1) is 49.9. The average molecular weight is 1440 g/mol. The third-order valence-corrected chi connectivity index (χ3v) is 14.9. The Balaban J connectivity index is 0. The van der Waals surface area contributed by atoms with Gasteiger partial charge in [-0.05, 0) is 173 Å². The minimum absolute atomic E-state index is 0.110. The summed E-state index contributed by atoms with van der Waals surface area (Å²) in [5.41, 5.74) is 18.4. The van der Waals surface area contributed by atoms with Crippen LogP contribution >= 0.6 is 0 Å². The molecule has 1 heterocycles. The lowest BCUT2D eigenvalue weighted by atomic mass is 10.1. The molecule has 0 aromatic rings. The Kier molecular flexibility index (Phi) is 59.1. The molecule has 0 saturated carbocycles. The van der Waals surface area contributed by atoms with E-state index in [0.29, 0.717) is 0 Å². The van der Waals surface area contributed by atoms with Gasteiger partial charge in [0.2, 0.25) is 0 Å². The summed E-state index contributed by atoms with van der Waals surface area (Å²) >= 11 is 0. The van der Waals surface area contributed by atoms with Gasteiger partial charge in [-0.15, -0.1) is 0 Å². The average Bonchev–Trinajstić information content (AvgIpc) is 1.80. The predicted molar refractivity (Wildman–Crippen MR) is 439 cm³/mol. The van der Waals surface area contributed by atoms with E-state index >= 15 is 0 Å². The highest BCUT2D eigenvalue weighted by molar-refractivity contribution is 5.92. The Hall–Kier alpha value is -9.82. The highest BCUT2D eigenvalue weighted by atomic mass is 16.6. The summed E-state index contributed by atoms with van der Waals surface area (Å²) in [5, 5.41) is 35.4. The van der Waals surface area contributed by atoms with Gasteiger partial charge in [0.15, 0.2) is 0 Å². The molecule has 1 saturated heterocycles. The van der Waals surface area contributed by atoms with E-state index in [2.05, 4.69) is 258 Å². The quantitative estimate of drug-likeness (QED) is 0.0147. The van der Waals surface area contributed by atoms with E-state index in [-0.39, 0.29) is 65.0 Å². The number of carbonyl (C=O) groups excluding carboxylic acids is 4. The van der Waals surface area contributed by atoms with Crippen molar-refractivity contribution in [3.05, 3.63) is 308 Å². The molecular formula is C92H124O13. The third kappa shape index (κ3) is 67.1. The van der Waals surface area contributed by atoms with Crippen molar-refractivity contribution in [2.75, 3.05) is 26.4 Å². The van der Waals surface area contributed by atoms with Crippen molar-refractivity contribution in [2.45, 2.75) is 201 Å². The Morgan fingerprint density at radius 3 is 0.705 bits per heavy atom. The number of esters is 4. The van der Waals surface area contributed by atoms with Crippen LogP contribution in [0.3, 0.4) is 0 Å². The van der Waals surface area contributed by atoms with Gasteiger partial charge in [-0.1, -0.05) is 297 Å². The fourth-order valence-electron chi connectivity index (χ4n) is 8.29. The van der Waals surface area contributed by atoms with Crippen LogP contribution in [0, 0.1) is 0 Å². The number of ether oxygens (including phenoxy) is 3. The molecule has 0 unspecified atom stereocenters. The maximum Gasteiger partial charge on any atom is 0.314 e. The van der Waals surface area contributed by atoms with Gasteiger partial charge >= 0.3 is 35.8 Å². The fraction of sp³-hybridized carbons (Fsp3) is 0.370. The molecule has 0 aromatic heterocycles. The van der Waals surface area contributed by atoms with Crippen LogP contribution in [0.15, 0.2) is 308 Å². The topological polar surface area (TPSA) is 211 Å². The second-order valence-corrected chi connectivity index (χ2v) is 26.1. The van der Waals surface area contributed by atoms with E-state index in [1.165, 1.54) is 44.6 Å². The molecule has 1 rings (SSSR count). The van der Waals surface area contributed by atoms with E-state index in [1.54, 1.807) is 0 Å². The summed E-state index contributed by atoms with van der Waals surface area (Å²) in [7, 11) is 0. The molecule has 0 aliphatic carbocycles. The maximum atomic E-state index is 11.5. The number of aliphatic hydroxyl groups excluding tert-OH is 2. The Morgan fingerprint density at radius 2 is 0.505 bits per heavy atom. The zero-order chi connectivity index (χ0) is 79.0. The number of aliphatic hydroxyl groups is 2. The second kappa shape index (κ2) is 63.8. The lowest BCUT2D eigenvalue weighted by Crippen LogP contribution is -2.08. The Morgan fingerprint density at radius 1 is 0.295 bits per heavy atom. The number of carboxylic acids is 2. The van der Waals surface area contributed by atoms with Gasteiger partial charge in [0.1, 0.15) is 13.2 Å². The minimum atomic E-state index is -1.01. The van der Waals surface area contributed by atoms with Crippen LogP contribution in [0.4, 0.5) is 0 Å². The standard InChI is InChI=1S/C48H64O8.C40H56O2.C4H4O3/c1-37(19-11-21-39(3)23-13-25-41(5)27-15-29-43(7)35-55-47(53)33-31-45(49)50)17-9-10-18-38(2)20-12-22-40(4)24-14-26-42(6)28-16-30-44(8)36-56-48(54)34-32-46(51)52;1-33(19-11-21-35(3)23-13-25-37(5)27-15-29-39(7)31-41)17-9-10-18-34(2)20-12-22-36(4)24-14-26-38(6)28-16-30-40(8)32-42;5-3-1-2-4(6)7-3/h9-14,17-26,29-30H,15-16,27-28,31-36H2,1-8H3,(H,49,50)(H,51,52);9-14,17-26,29-30,41-42H,15-16,27-28,31-32H2,1-8H3;1-2H2/b10-9+,19-11+,20-12+,23-13+,24-14+,37-17+,38-18+,39-21+,40-22+,41-25+,42-26+,43-29+,44-30+;10-9+,19-11+,20-12+,23-13+,24-14+,33-17+,34-18+,35-21+,36-22+,37-25+,38-26+,39-29+,40-30+;. The van der Waals surface area contributed by atoms with E-state index in [1.807, 2.05) is 76.3 Å². The smallest absolute Gasteiger partial charge is 0.314 e. The summed E-state index contributed by atoms with van der Waals surface area (Å²) in [5.74, 6) is -3.80. The molecule has 1 fully saturated rings. The van der Waals surface area contributed by atoms with Crippen molar-refractivity contribution in [1.29, 1.82) is 0 Å². The summed E-state index contributed by atoms with van der Waals surface area (Å²) < 4.78 is 14.3. The van der Waals surface area contributed by atoms with Gasteiger partial charge in [0.05, 0.1) is 51.7 Å². The summed E-state index contributed by atoms with van der Waals surface area (Å²) in [6.45, 7) is 33.5. The van der Waals surface area contributed by atoms with Crippen LogP contribution in [0.1, 0.15) is 201 Å². The highest BCUT2D eigenvalue weighted by Gasteiger charge is 2.19. The summed E-state index contributed by atoms with van der Waals surface area (Å²) in [4.78, 5) is 64.2. The lowest BCUT2D eigenvalue weighted by Gasteiger charge is -2.04. The van der Waals surface area contributed by atoms with Gasteiger partial charge in [-0.2, -0.15) is 0 Å². The molecular weight excluding hydrogens is 1310 g/mol. The van der Waals surface area contributed by atoms with E-state index in [4.69, 9.17) is 29.9 Å². The number of allylic oxidation sites excluding steroid dienone is 48. The van der Waals surface area contributed by atoms with Crippen molar-refractivity contribution in [3.63, 3.8) is 0 Å². The Labute approximate surface area is 631 Å². The van der Waals surface area contributed by atoms with Crippen LogP contribution in [0.2, 0.25) is 0 Å². The molecule has 0 spiro atoms.